The van der Waals surface area contributed by atoms with E-state index in [0.717, 1.165) is 22.8 Å². The molecule has 78 valence electrons. The Balaban J connectivity index is 3.11. The van der Waals surface area contributed by atoms with Gasteiger partial charge in [0.25, 0.3) is 0 Å². The molecule has 1 aromatic heterocycles. The smallest absolute Gasteiger partial charge is 0.140 e. The molecule has 1 heterocycles. The fourth-order valence-corrected chi connectivity index (χ4v) is 1.96. The summed E-state index contributed by atoms with van der Waals surface area (Å²) in [6.45, 7) is 6.21. The molecule has 0 aromatic carbocycles. The summed E-state index contributed by atoms with van der Waals surface area (Å²) in [6.07, 6.45) is 2.03. The van der Waals surface area contributed by atoms with Crippen molar-refractivity contribution in [3.63, 3.8) is 0 Å². The molecule has 3 nitrogen and oxygen atoms in total. The Kier molecular flexibility index (Phi) is 3.75. The van der Waals surface area contributed by atoms with E-state index >= 15 is 0 Å². The molecule has 0 saturated carbocycles. The fraction of sp³-hybridized carbons (Fsp3) is 0.600. The third kappa shape index (κ3) is 2.38. The van der Waals surface area contributed by atoms with E-state index in [4.69, 9.17) is 5.73 Å². The van der Waals surface area contributed by atoms with Crippen molar-refractivity contribution in [3.05, 3.63) is 17.1 Å². The Labute approximate surface area is 89.5 Å². The maximum absolute atomic E-state index is 5.89. The molecule has 0 aliphatic heterocycles. The normalized spacial score (nSPS) is 10.9. The zero-order valence-electron chi connectivity index (χ0n) is 9.16. The van der Waals surface area contributed by atoms with Gasteiger partial charge in [0, 0.05) is 11.3 Å². The lowest BCUT2D eigenvalue weighted by Crippen LogP contribution is -2.07. The highest BCUT2D eigenvalue weighted by atomic mass is 32.2. The van der Waals surface area contributed by atoms with Crippen LogP contribution in [0.5, 0.6) is 0 Å². The lowest BCUT2D eigenvalue weighted by atomic mass is 10.0. The molecule has 0 amide bonds. The molecule has 1 aromatic rings. The number of aryl methyl sites for hydroxylation is 1. The van der Waals surface area contributed by atoms with E-state index in [0.29, 0.717) is 11.7 Å². The number of aromatic nitrogens is 2. The number of hydrogen-bond acceptors (Lipinski definition) is 4. The second-order valence-electron chi connectivity index (χ2n) is 3.61. The molecule has 4 heteroatoms. The van der Waals surface area contributed by atoms with Crippen molar-refractivity contribution in [1.82, 2.24) is 9.97 Å². The van der Waals surface area contributed by atoms with Gasteiger partial charge in [-0.25, -0.2) is 9.97 Å². The second-order valence-corrected chi connectivity index (χ2v) is 4.48. The Hall–Kier alpha value is -0.770. The van der Waals surface area contributed by atoms with Gasteiger partial charge in [-0.3, -0.25) is 0 Å². The highest BCUT2D eigenvalue weighted by molar-refractivity contribution is 7.97. The van der Waals surface area contributed by atoms with E-state index in [-0.39, 0.29) is 0 Å². The molecule has 1 rings (SSSR count). The number of nitrogen functional groups attached to an aromatic ring is 1. The number of hydrogen-bond donors (Lipinski definition) is 1. The Morgan fingerprint density at radius 3 is 2.43 bits per heavy atom. The van der Waals surface area contributed by atoms with Gasteiger partial charge in [-0.1, -0.05) is 13.8 Å². The average molecular weight is 211 g/mol. The molecule has 0 unspecified atom stereocenters. The number of rotatable bonds is 3. The van der Waals surface area contributed by atoms with E-state index in [1.807, 2.05) is 13.2 Å². The van der Waals surface area contributed by atoms with E-state index in [1.165, 1.54) is 0 Å². The largest absolute Gasteiger partial charge is 0.383 e. The van der Waals surface area contributed by atoms with Crippen LogP contribution in [0.4, 0.5) is 5.82 Å². The molecule has 0 bridgehead atoms. The van der Waals surface area contributed by atoms with E-state index in [2.05, 4.69) is 23.8 Å². The first-order chi connectivity index (χ1) is 6.56. The van der Waals surface area contributed by atoms with Crippen LogP contribution in [-0.4, -0.2) is 16.2 Å². The summed E-state index contributed by atoms with van der Waals surface area (Å²) in [5.41, 5.74) is 7.98. The second kappa shape index (κ2) is 4.64. The first-order valence-electron chi connectivity index (χ1n) is 4.68. The van der Waals surface area contributed by atoms with Gasteiger partial charge >= 0.3 is 0 Å². The van der Waals surface area contributed by atoms with Crippen molar-refractivity contribution in [1.29, 1.82) is 0 Å². The summed E-state index contributed by atoms with van der Waals surface area (Å²) < 4.78 is 0. The van der Waals surface area contributed by atoms with Crippen LogP contribution < -0.4 is 5.73 Å². The van der Waals surface area contributed by atoms with Crippen molar-refractivity contribution >= 4 is 17.6 Å². The van der Waals surface area contributed by atoms with E-state index in [9.17, 15) is 0 Å². The van der Waals surface area contributed by atoms with Crippen LogP contribution in [-0.2, 0) is 5.75 Å². The molecular formula is C10H17N3S. The SMILES string of the molecule is CSCc1nc(C)c(C(C)C)c(N)n1. The van der Waals surface area contributed by atoms with Crippen LogP contribution in [0.2, 0.25) is 0 Å². The van der Waals surface area contributed by atoms with Gasteiger partial charge in [-0.05, 0) is 19.1 Å². The van der Waals surface area contributed by atoms with Crippen LogP contribution in [0.1, 0.15) is 36.8 Å². The first-order valence-corrected chi connectivity index (χ1v) is 6.07. The Morgan fingerprint density at radius 2 is 2.00 bits per heavy atom. The van der Waals surface area contributed by atoms with E-state index in [1.54, 1.807) is 11.8 Å². The van der Waals surface area contributed by atoms with Crippen molar-refractivity contribution in [2.24, 2.45) is 0 Å². The molecule has 0 saturated heterocycles. The highest BCUT2D eigenvalue weighted by Gasteiger charge is 2.11. The highest BCUT2D eigenvalue weighted by Crippen LogP contribution is 2.23. The summed E-state index contributed by atoms with van der Waals surface area (Å²) >= 11 is 1.71. The quantitative estimate of drug-likeness (QED) is 0.834. The molecule has 0 radical (unpaired) electrons. The minimum absolute atomic E-state index is 0.387. The zero-order chi connectivity index (χ0) is 10.7. The van der Waals surface area contributed by atoms with Crippen molar-refractivity contribution in [3.8, 4) is 0 Å². The predicted molar refractivity (Wildman–Crippen MR) is 62.5 cm³/mol. The predicted octanol–water partition coefficient (Wildman–Crippen LogP) is 2.35. The fourth-order valence-electron chi connectivity index (χ4n) is 1.57. The molecule has 0 aliphatic rings. The monoisotopic (exact) mass is 211 g/mol. The van der Waals surface area contributed by atoms with Gasteiger partial charge in [0.05, 0.1) is 5.75 Å². The van der Waals surface area contributed by atoms with Crippen LogP contribution in [0.25, 0.3) is 0 Å². The molecule has 0 spiro atoms. The summed E-state index contributed by atoms with van der Waals surface area (Å²) in [4.78, 5) is 8.72. The van der Waals surface area contributed by atoms with Gasteiger partial charge < -0.3 is 5.73 Å². The minimum atomic E-state index is 0.387. The van der Waals surface area contributed by atoms with Crippen molar-refractivity contribution in [2.75, 3.05) is 12.0 Å². The first kappa shape index (κ1) is 11.3. The lowest BCUT2D eigenvalue weighted by molar-refractivity contribution is 0.824. The Morgan fingerprint density at radius 1 is 1.36 bits per heavy atom. The molecule has 0 atom stereocenters. The van der Waals surface area contributed by atoms with Crippen LogP contribution in [0.15, 0.2) is 0 Å². The molecular weight excluding hydrogens is 194 g/mol. The maximum atomic E-state index is 5.89. The van der Waals surface area contributed by atoms with Crippen LogP contribution in [0.3, 0.4) is 0 Å². The van der Waals surface area contributed by atoms with Gasteiger partial charge in [0.2, 0.25) is 0 Å². The molecule has 0 fully saturated rings. The summed E-state index contributed by atoms with van der Waals surface area (Å²) in [6, 6.07) is 0. The van der Waals surface area contributed by atoms with Gasteiger partial charge in [-0.15, -0.1) is 0 Å². The summed E-state index contributed by atoms with van der Waals surface area (Å²) in [5.74, 6) is 2.68. The van der Waals surface area contributed by atoms with E-state index < -0.39 is 0 Å². The summed E-state index contributed by atoms with van der Waals surface area (Å²) in [5, 5.41) is 0. The third-order valence-corrected chi connectivity index (χ3v) is 2.61. The van der Waals surface area contributed by atoms with Gasteiger partial charge in [0.1, 0.15) is 11.6 Å². The number of anilines is 1. The molecule has 14 heavy (non-hydrogen) atoms. The molecule has 2 N–H and O–H groups in total. The van der Waals surface area contributed by atoms with Gasteiger partial charge in [-0.2, -0.15) is 11.8 Å². The van der Waals surface area contributed by atoms with Crippen molar-refractivity contribution in [2.45, 2.75) is 32.4 Å². The van der Waals surface area contributed by atoms with Crippen LogP contribution in [0, 0.1) is 6.92 Å². The van der Waals surface area contributed by atoms with Crippen molar-refractivity contribution < 1.29 is 0 Å². The maximum Gasteiger partial charge on any atom is 0.140 e. The topological polar surface area (TPSA) is 51.8 Å². The Bertz CT molecular complexity index is 300. The number of thioether (sulfide) groups is 1. The average Bonchev–Trinajstić information content (AvgIpc) is 2.01. The third-order valence-electron chi connectivity index (χ3n) is 2.06. The van der Waals surface area contributed by atoms with Gasteiger partial charge in [0.15, 0.2) is 0 Å². The number of nitrogens with two attached hydrogens (primary N) is 1. The lowest BCUT2D eigenvalue weighted by Gasteiger charge is -2.12. The number of nitrogens with zero attached hydrogens (tertiary/aromatic N) is 2. The molecule has 0 aliphatic carbocycles. The summed E-state index contributed by atoms with van der Waals surface area (Å²) in [7, 11) is 0. The van der Waals surface area contributed by atoms with Crippen LogP contribution >= 0.6 is 11.8 Å². The minimum Gasteiger partial charge on any atom is -0.383 e. The standard InChI is InChI=1S/C10H17N3S/c1-6(2)9-7(3)12-8(5-14-4)13-10(9)11/h6H,5H2,1-4H3,(H2,11,12,13). The zero-order valence-corrected chi connectivity index (χ0v) is 9.98.